The smallest absolute Gasteiger partial charge is 0.306 e. The number of esters is 3. The molecule has 0 fully saturated rings. The van der Waals surface area contributed by atoms with E-state index in [2.05, 4.69) is 93.7 Å². The highest BCUT2D eigenvalue weighted by molar-refractivity contribution is 5.71. The third-order valence-corrected chi connectivity index (χ3v) is 13.2. The lowest BCUT2D eigenvalue weighted by atomic mass is 10.0. The SMILES string of the molecule is CC/C=C\C/C=C\C/C=C\C/C=C\C/C=C\CCCC(=O)OC[C@H](COC(=O)CCCCCCCCC/C=C\CCCCCC)OC(=O)CCCCCCCCCCCCCCCCCCCCCCC. The fraction of sp³-hybridized carbons (Fsp3) is 0.769. The fourth-order valence-corrected chi connectivity index (χ4v) is 8.65. The molecule has 0 aliphatic rings. The van der Waals surface area contributed by atoms with E-state index < -0.39 is 6.10 Å². The Kier molecular flexibility index (Phi) is 56.8. The summed E-state index contributed by atoms with van der Waals surface area (Å²) in [5.41, 5.74) is 0. The fourth-order valence-electron chi connectivity index (χ4n) is 8.65. The minimum absolute atomic E-state index is 0.0929. The van der Waals surface area contributed by atoms with Gasteiger partial charge in [-0.3, -0.25) is 14.4 Å². The van der Waals surface area contributed by atoms with Gasteiger partial charge in [0.15, 0.2) is 6.10 Å². The van der Waals surface area contributed by atoms with Crippen LogP contribution in [0.15, 0.2) is 72.9 Å². The van der Waals surface area contributed by atoms with Crippen molar-refractivity contribution in [3.63, 3.8) is 0 Å². The largest absolute Gasteiger partial charge is 0.462 e. The molecule has 1 atom stereocenters. The predicted molar refractivity (Wildman–Crippen MR) is 307 cm³/mol. The van der Waals surface area contributed by atoms with Crippen LogP contribution in [0, 0.1) is 0 Å². The first kappa shape index (κ1) is 67.8. The molecule has 0 heterocycles. The number of hydrogen-bond acceptors (Lipinski definition) is 6. The second-order valence-corrected chi connectivity index (χ2v) is 20.2. The summed E-state index contributed by atoms with van der Waals surface area (Å²) in [7, 11) is 0. The van der Waals surface area contributed by atoms with Crippen molar-refractivity contribution in [3.8, 4) is 0 Å². The van der Waals surface area contributed by atoms with Gasteiger partial charge in [0.1, 0.15) is 13.2 Å². The van der Waals surface area contributed by atoms with Crippen molar-refractivity contribution in [2.75, 3.05) is 13.2 Å². The minimum atomic E-state index is -0.799. The van der Waals surface area contributed by atoms with E-state index in [1.165, 1.54) is 180 Å². The van der Waals surface area contributed by atoms with Gasteiger partial charge in [-0.05, 0) is 83.5 Å². The zero-order valence-electron chi connectivity index (χ0n) is 47.0. The Morgan fingerprint density at radius 3 is 0.944 bits per heavy atom. The van der Waals surface area contributed by atoms with Gasteiger partial charge in [0.25, 0.3) is 0 Å². The Hall–Kier alpha value is -3.15. The van der Waals surface area contributed by atoms with Crippen molar-refractivity contribution < 1.29 is 28.6 Å². The molecule has 6 nitrogen and oxygen atoms in total. The summed E-state index contributed by atoms with van der Waals surface area (Å²) < 4.78 is 16.9. The van der Waals surface area contributed by atoms with Gasteiger partial charge in [-0.25, -0.2) is 0 Å². The molecular weight excluding hydrogens is 877 g/mol. The van der Waals surface area contributed by atoms with Crippen LogP contribution < -0.4 is 0 Å². The van der Waals surface area contributed by atoms with Crippen molar-refractivity contribution in [1.82, 2.24) is 0 Å². The molecule has 410 valence electrons. The molecule has 71 heavy (non-hydrogen) atoms. The summed E-state index contributed by atoms with van der Waals surface area (Å²) in [6.45, 7) is 6.50. The van der Waals surface area contributed by atoms with E-state index in [4.69, 9.17) is 14.2 Å². The molecule has 0 unspecified atom stereocenters. The average molecular weight is 992 g/mol. The molecule has 0 radical (unpaired) electrons. The highest BCUT2D eigenvalue weighted by atomic mass is 16.6. The van der Waals surface area contributed by atoms with Crippen LogP contribution in [0.2, 0.25) is 0 Å². The third kappa shape index (κ3) is 57.6. The highest BCUT2D eigenvalue weighted by Crippen LogP contribution is 2.17. The topological polar surface area (TPSA) is 78.9 Å². The van der Waals surface area contributed by atoms with Gasteiger partial charge >= 0.3 is 17.9 Å². The van der Waals surface area contributed by atoms with Crippen molar-refractivity contribution in [2.24, 2.45) is 0 Å². The summed E-state index contributed by atoms with van der Waals surface area (Å²) in [5, 5.41) is 0. The van der Waals surface area contributed by atoms with Crippen LogP contribution in [0.1, 0.15) is 303 Å². The van der Waals surface area contributed by atoms with Crippen LogP contribution in [-0.4, -0.2) is 37.2 Å². The van der Waals surface area contributed by atoms with Crippen molar-refractivity contribution in [1.29, 1.82) is 0 Å². The number of hydrogen-bond donors (Lipinski definition) is 0. The van der Waals surface area contributed by atoms with Crippen LogP contribution in [0.5, 0.6) is 0 Å². The average Bonchev–Trinajstić information content (AvgIpc) is 3.37. The second kappa shape index (κ2) is 59.4. The molecule has 0 bridgehead atoms. The van der Waals surface area contributed by atoms with Crippen LogP contribution in [0.25, 0.3) is 0 Å². The van der Waals surface area contributed by atoms with Crippen LogP contribution in [-0.2, 0) is 28.6 Å². The molecule has 0 aliphatic heterocycles. The molecule has 0 saturated carbocycles. The molecule has 0 aromatic carbocycles. The van der Waals surface area contributed by atoms with Crippen molar-refractivity contribution >= 4 is 17.9 Å². The Balaban J connectivity index is 4.41. The molecular formula is C65H114O6. The normalized spacial score (nSPS) is 12.5. The Bertz CT molecular complexity index is 1320. The van der Waals surface area contributed by atoms with Gasteiger partial charge in [-0.1, -0.05) is 273 Å². The van der Waals surface area contributed by atoms with E-state index in [0.29, 0.717) is 19.3 Å². The van der Waals surface area contributed by atoms with Crippen LogP contribution in [0.3, 0.4) is 0 Å². The van der Waals surface area contributed by atoms with E-state index in [0.717, 1.165) is 77.0 Å². The number of carbonyl (C=O) groups excluding carboxylic acids is 3. The van der Waals surface area contributed by atoms with Gasteiger partial charge in [0.2, 0.25) is 0 Å². The summed E-state index contributed by atoms with van der Waals surface area (Å²) in [6, 6.07) is 0. The van der Waals surface area contributed by atoms with Gasteiger partial charge in [-0.15, -0.1) is 0 Å². The lowest BCUT2D eigenvalue weighted by Crippen LogP contribution is -2.30. The summed E-state index contributed by atoms with van der Waals surface area (Å²) >= 11 is 0. The van der Waals surface area contributed by atoms with E-state index in [9.17, 15) is 14.4 Å². The Labute approximate surface area is 440 Å². The molecule has 0 spiro atoms. The standard InChI is InChI=1S/C65H114O6/c1-4-7-10-13-16-19-22-25-28-30-31-32-33-35-38-41-44-47-50-53-56-59-65(68)71-62(60-69-63(66)57-54-51-48-45-42-39-36-27-24-21-18-15-12-9-6-3)61-70-64(67)58-55-52-49-46-43-40-37-34-29-26-23-20-17-14-11-8-5-2/h8,11,17,20-21,24,26,29,37,40,46,49,62H,4-7,9-10,12-16,18-19,22-23,25,27-28,30-36,38-39,41-45,47-48,50-61H2,1-3H3/b11-8-,20-17-,24-21-,29-26-,40-37-,49-46-/t62-/m0/s1. The van der Waals surface area contributed by atoms with Gasteiger partial charge in [-0.2, -0.15) is 0 Å². The monoisotopic (exact) mass is 991 g/mol. The molecule has 0 amide bonds. The van der Waals surface area contributed by atoms with Crippen LogP contribution >= 0.6 is 0 Å². The Morgan fingerprint density at radius 1 is 0.296 bits per heavy atom. The van der Waals surface area contributed by atoms with Gasteiger partial charge in [0, 0.05) is 19.3 Å². The maximum Gasteiger partial charge on any atom is 0.306 e. The molecule has 0 rings (SSSR count). The van der Waals surface area contributed by atoms with Crippen molar-refractivity contribution in [3.05, 3.63) is 72.9 Å². The third-order valence-electron chi connectivity index (χ3n) is 13.2. The molecule has 0 aromatic heterocycles. The molecule has 0 aromatic rings. The molecule has 6 heteroatoms. The lowest BCUT2D eigenvalue weighted by molar-refractivity contribution is -0.167. The number of allylic oxidation sites excluding steroid dienone is 12. The number of rotatable bonds is 55. The minimum Gasteiger partial charge on any atom is -0.462 e. The summed E-state index contributed by atoms with van der Waals surface area (Å²) in [4.78, 5) is 38.2. The van der Waals surface area contributed by atoms with Crippen LogP contribution in [0.4, 0.5) is 0 Å². The molecule has 0 N–H and O–H groups in total. The van der Waals surface area contributed by atoms with Gasteiger partial charge in [0.05, 0.1) is 0 Å². The quantitative estimate of drug-likeness (QED) is 0.0261. The lowest BCUT2D eigenvalue weighted by Gasteiger charge is -2.18. The number of unbranched alkanes of at least 4 members (excludes halogenated alkanes) is 32. The molecule has 0 aliphatic carbocycles. The van der Waals surface area contributed by atoms with E-state index >= 15 is 0 Å². The van der Waals surface area contributed by atoms with E-state index in [-0.39, 0.29) is 37.5 Å². The first-order valence-corrected chi connectivity index (χ1v) is 30.4. The van der Waals surface area contributed by atoms with Crippen molar-refractivity contribution in [2.45, 2.75) is 309 Å². The maximum atomic E-state index is 12.9. The van der Waals surface area contributed by atoms with E-state index in [1.807, 2.05) is 0 Å². The van der Waals surface area contributed by atoms with Gasteiger partial charge < -0.3 is 14.2 Å². The zero-order chi connectivity index (χ0) is 51.4. The number of ether oxygens (including phenoxy) is 3. The first-order chi connectivity index (χ1) is 35.0. The number of carbonyl (C=O) groups is 3. The first-order valence-electron chi connectivity index (χ1n) is 30.4. The highest BCUT2D eigenvalue weighted by Gasteiger charge is 2.19. The Morgan fingerprint density at radius 2 is 0.563 bits per heavy atom. The second-order valence-electron chi connectivity index (χ2n) is 20.2. The van der Waals surface area contributed by atoms with E-state index in [1.54, 1.807) is 0 Å². The zero-order valence-corrected chi connectivity index (χ0v) is 47.0. The predicted octanol–water partition coefficient (Wildman–Crippen LogP) is 20.5. The summed E-state index contributed by atoms with van der Waals surface area (Å²) in [5.74, 6) is -0.944. The maximum absolute atomic E-state index is 12.9. The molecule has 0 saturated heterocycles. The summed E-state index contributed by atoms with van der Waals surface area (Å²) in [6.07, 6.45) is 76.2.